The monoisotopic (exact) mass is 409 g/mol. The summed E-state index contributed by atoms with van der Waals surface area (Å²) < 4.78 is 12.1. The van der Waals surface area contributed by atoms with Gasteiger partial charge in [-0.25, -0.2) is 0 Å². The first-order chi connectivity index (χ1) is 12.7. The summed E-state index contributed by atoms with van der Waals surface area (Å²) in [6, 6.07) is 18.0. The van der Waals surface area contributed by atoms with Crippen molar-refractivity contribution < 1.29 is 8.94 Å². The van der Waals surface area contributed by atoms with Crippen LogP contribution in [-0.4, -0.2) is 15.4 Å². The Morgan fingerprint density at radius 2 is 1.77 bits per heavy atom. The highest BCUT2D eigenvalue weighted by atomic mass is 79.9. The van der Waals surface area contributed by atoms with E-state index in [2.05, 4.69) is 31.3 Å². The van der Waals surface area contributed by atoms with Crippen LogP contribution < -0.4 is 0 Å². The first-order valence-corrected chi connectivity index (χ1v) is 8.99. The zero-order chi connectivity index (χ0) is 18.0. The van der Waals surface area contributed by atoms with E-state index in [9.17, 15) is 0 Å². The molecule has 0 fully saturated rings. The third-order valence-electron chi connectivity index (χ3n) is 4.51. The van der Waals surface area contributed by atoms with Crippen molar-refractivity contribution in [2.45, 2.75) is 18.8 Å². The lowest BCUT2D eigenvalue weighted by molar-refractivity contribution is 0.397. The predicted molar refractivity (Wildman–Crippen MR) is 99.7 cm³/mol. The number of nitrogens with zero attached hydrogens (tertiary/aromatic N) is 3. The zero-order valence-corrected chi connectivity index (χ0v) is 15.7. The van der Waals surface area contributed by atoms with Gasteiger partial charge >= 0.3 is 0 Å². The Morgan fingerprint density at radius 3 is 2.50 bits per heavy atom. The lowest BCUT2D eigenvalue weighted by Crippen LogP contribution is -2.26. The molecule has 1 unspecified atom stereocenters. The van der Waals surface area contributed by atoms with Crippen LogP contribution in [0.2, 0.25) is 0 Å². The molecule has 0 amide bonds. The second-order valence-corrected chi connectivity index (χ2v) is 7.04. The summed E-state index contributed by atoms with van der Waals surface area (Å²) >= 11 is 3.63. The van der Waals surface area contributed by atoms with Gasteiger partial charge in [-0.2, -0.15) is 0 Å². The van der Waals surface area contributed by atoms with Crippen LogP contribution in [0.25, 0.3) is 0 Å². The van der Waals surface area contributed by atoms with Crippen molar-refractivity contribution in [2.24, 2.45) is 0 Å². The molecule has 6 heteroatoms. The number of hydrogen-bond donors (Lipinski definition) is 0. The van der Waals surface area contributed by atoms with Gasteiger partial charge in [0.2, 0.25) is 11.8 Å². The van der Waals surface area contributed by atoms with E-state index in [-0.39, 0.29) is 0 Å². The van der Waals surface area contributed by atoms with Gasteiger partial charge in [-0.15, -0.1) is 10.2 Å². The molecule has 4 rings (SSSR count). The fourth-order valence-electron chi connectivity index (χ4n) is 3.01. The van der Waals surface area contributed by atoms with Crippen LogP contribution in [0.4, 0.5) is 0 Å². The molecule has 2 aromatic heterocycles. The van der Waals surface area contributed by atoms with Crippen LogP contribution in [0.3, 0.4) is 0 Å². The molecule has 0 spiro atoms. The molecular weight excluding hydrogens is 394 g/mol. The molecule has 0 radical (unpaired) electrons. The normalized spacial score (nSPS) is 13.5. The Balaban J connectivity index is 1.78. The first-order valence-electron chi connectivity index (χ1n) is 8.19. The molecule has 0 aliphatic rings. The Bertz CT molecular complexity index is 999. The van der Waals surface area contributed by atoms with Gasteiger partial charge in [-0.3, -0.25) is 0 Å². The second kappa shape index (κ2) is 6.88. The van der Waals surface area contributed by atoms with Crippen molar-refractivity contribution in [2.75, 3.05) is 0 Å². The van der Waals surface area contributed by atoms with Crippen LogP contribution in [0.15, 0.2) is 80.5 Å². The SMILES string of the molecule is CC(c1cnoc1)(c1nnc(Cc2ccccc2)o1)c1ccccc1Br. The first kappa shape index (κ1) is 16.7. The summed E-state index contributed by atoms with van der Waals surface area (Å²) in [6.45, 7) is 2.03. The van der Waals surface area contributed by atoms with Gasteiger partial charge in [0.15, 0.2) is 0 Å². The lowest BCUT2D eigenvalue weighted by atomic mass is 9.77. The van der Waals surface area contributed by atoms with Crippen LogP contribution >= 0.6 is 15.9 Å². The fourth-order valence-corrected chi connectivity index (χ4v) is 3.69. The lowest BCUT2D eigenvalue weighted by Gasteiger charge is -2.25. The quantitative estimate of drug-likeness (QED) is 0.475. The molecular formula is C20H16BrN3O2. The second-order valence-electron chi connectivity index (χ2n) is 6.18. The largest absolute Gasteiger partial charge is 0.424 e. The minimum absolute atomic E-state index is 0.499. The van der Waals surface area contributed by atoms with Crippen molar-refractivity contribution >= 4 is 15.9 Å². The number of rotatable bonds is 5. The van der Waals surface area contributed by atoms with E-state index in [1.165, 1.54) is 0 Å². The maximum absolute atomic E-state index is 6.07. The summed E-state index contributed by atoms with van der Waals surface area (Å²) in [5, 5.41) is 12.5. The summed E-state index contributed by atoms with van der Waals surface area (Å²) in [7, 11) is 0. The third-order valence-corrected chi connectivity index (χ3v) is 5.21. The molecule has 0 saturated heterocycles. The number of hydrogen-bond acceptors (Lipinski definition) is 5. The average molecular weight is 410 g/mol. The Labute approximate surface area is 159 Å². The van der Waals surface area contributed by atoms with Crippen molar-refractivity contribution in [3.05, 3.63) is 100 Å². The van der Waals surface area contributed by atoms with Crippen LogP contribution in [0.1, 0.15) is 35.4 Å². The molecule has 0 saturated carbocycles. The van der Waals surface area contributed by atoms with E-state index in [0.29, 0.717) is 18.2 Å². The van der Waals surface area contributed by atoms with E-state index in [0.717, 1.165) is 21.2 Å². The smallest absolute Gasteiger partial charge is 0.231 e. The molecule has 1 atom stereocenters. The molecule has 26 heavy (non-hydrogen) atoms. The minimum Gasteiger partial charge on any atom is -0.424 e. The predicted octanol–water partition coefficient (Wildman–Crippen LogP) is 4.77. The summed E-state index contributed by atoms with van der Waals surface area (Å²) in [5.41, 5.74) is 2.29. The topological polar surface area (TPSA) is 65.0 Å². The minimum atomic E-state index is -0.679. The van der Waals surface area contributed by atoms with Gasteiger partial charge < -0.3 is 8.94 Å². The van der Waals surface area contributed by atoms with Crippen LogP contribution in [0.5, 0.6) is 0 Å². The van der Waals surface area contributed by atoms with E-state index in [1.54, 1.807) is 12.5 Å². The van der Waals surface area contributed by atoms with E-state index in [4.69, 9.17) is 8.94 Å². The Morgan fingerprint density at radius 1 is 1.00 bits per heavy atom. The van der Waals surface area contributed by atoms with E-state index in [1.807, 2.05) is 61.5 Å². The summed E-state index contributed by atoms with van der Waals surface area (Å²) in [5.74, 6) is 1.07. The van der Waals surface area contributed by atoms with Crippen molar-refractivity contribution in [1.29, 1.82) is 0 Å². The molecule has 0 aliphatic carbocycles. The van der Waals surface area contributed by atoms with E-state index >= 15 is 0 Å². The molecule has 130 valence electrons. The van der Waals surface area contributed by atoms with Gasteiger partial charge in [-0.05, 0) is 24.1 Å². The van der Waals surface area contributed by atoms with Gasteiger partial charge in [0.1, 0.15) is 11.7 Å². The fraction of sp³-hybridized carbons (Fsp3) is 0.150. The summed E-state index contributed by atoms with van der Waals surface area (Å²) in [6.07, 6.45) is 3.88. The average Bonchev–Trinajstić information content (AvgIpc) is 3.35. The van der Waals surface area contributed by atoms with E-state index < -0.39 is 5.41 Å². The molecule has 0 bridgehead atoms. The highest BCUT2D eigenvalue weighted by molar-refractivity contribution is 9.10. The molecule has 2 heterocycles. The van der Waals surface area contributed by atoms with Crippen molar-refractivity contribution in [3.63, 3.8) is 0 Å². The number of benzene rings is 2. The zero-order valence-electron chi connectivity index (χ0n) is 14.1. The third kappa shape index (κ3) is 2.97. The van der Waals surface area contributed by atoms with Gasteiger partial charge in [-0.1, -0.05) is 69.6 Å². The van der Waals surface area contributed by atoms with Gasteiger partial charge in [0, 0.05) is 10.0 Å². The Hall–Kier alpha value is -2.73. The maximum atomic E-state index is 6.07. The molecule has 0 aliphatic heterocycles. The van der Waals surface area contributed by atoms with Crippen molar-refractivity contribution in [1.82, 2.24) is 15.4 Å². The molecule has 5 nitrogen and oxygen atoms in total. The van der Waals surface area contributed by atoms with Crippen molar-refractivity contribution in [3.8, 4) is 0 Å². The number of halogens is 1. The molecule has 0 N–H and O–H groups in total. The number of aromatic nitrogens is 3. The van der Waals surface area contributed by atoms with Gasteiger partial charge in [0.05, 0.1) is 12.6 Å². The molecule has 4 aromatic rings. The maximum Gasteiger partial charge on any atom is 0.231 e. The molecule has 2 aromatic carbocycles. The standard InChI is InChI=1S/C20H16BrN3O2/c1-20(15-12-22-25-13-15,16-9-5-6-10-17(16)21)19-24-23-18(26-19)11-14-7-3-2-4-8-14/h2-10,12-13H,11H2,1H3. The highest BCUT2D eigenvalue weighted by Gasteiger charge is 2.39. The Kier molecular flexibility index (Phi) is 4.42. The van der Waals surface area contributed by atoms with Crippen LogP contribution in [0, 0.1) is 0 Å². The van der Waals surface area contributed by atoms with Gasteiger partial charge in [0.25, 0.3) is 0 Å². The highest BCUT2D eigenvalue weighted by Crippen LogP contribution is 2.41. The summed E-state index contributed by atoms with van der Waals surface area (Å²) in [4.78, 5) is 0. The van der Waals surface area contributed by atoms with Crippen LogP contribution in [-0.2, 0) is 11.8 Å².